The van der Waals surface area contributed by atoms with Gasteiger partial charge in [-0.1, -0.05) is 26.0 Å². The van der Waals surface area contributed by atoms with Crippen LogP contribution >= 0.6 is 0 Å². The maximum Gasteiger partial charge on any atom is 0.410 e. The van der Waals surface area contributed by atoms with Crippen LogP contribution in [0.5, 0.6) is 5.75 Å². The van der Waals surface area contributed by atoms with Crippen molar-refractivity contribution in [2.24, 2.45) is 0 Å². The first-order valence-corrected chi connectivity index (χ1v) is 19.2. The monoisotopic (exact) mass is 696 g/mol. The third kappa shape index (κ3) is 7.74. The molecule has 4 aromatic rings. The summed E-state index contributed by atoms with van der Waals surface area (Å²) in [5.41, 5.74) is 0.897. The Morgan fingerprint density at radius 2 is 1.84 bits per heavy atom. The van der Waals surface area contributed by atoms with Gasteiger partial charge in [0.25, 0.3) is 0 Å². The fourth-order valence-electron chi connectivity index (χ4n) is 5.45. The van der Waals surface area contributed by atoms with E-state index in [-0.39, 0.29) is 40.8 Å². The number of halogens is 1. The Morgan fingerprint density at radius 1 is 1.14 bits per heavy atom. The molecule has 0 aliphatic carbocycles. The molecule has 1 atom stereocenters. The molecule has 16 heteroatoms. The van der Waals surface area contributed by atoms with E-state index in [0.29, 0.717) is 48.5 Å². The predicted molar refractivity (Wildman–Crippen MR) is 182 cm³/mol. The number of hydrogen-bond acceptors (Lipinski definition) is 10. The average molecular weight is 697 g/mol. The highest BCUT2D eigenvalue weighted by molar-refractivity contribution is 6.74. The molecule has 0 N–H and O–H groups in total. The normalized spacial score (nSPS) is 15.4. The second kappa shape index (κ2) is 13.5. The molecule has 49 heavy (non-hydrogen) atoms. The van der Waals surface area contributed by atoms with Gasteiger partial charge in [0.1, 0.15) is 28.2 Å². The van der Waals surface area contributed by atoms with E-state index in [1.54, 1.807) is 21.8 Å². The van der Waals surface area contributed by atoms with Crippen molar-refractivity contribution >= 4 is 25.6 Å². The Labute approximate surface area is 285 Å². The highest BCUT2D eigenvalue weighted by Gasteiger charge is 2.39. The van der Waals surface area contributed by atoms with Gasteiger partial charge in [-0.2, -0.15) is 5.10 Å². The Balaban J connectivity index is 1.51. The molecule has 1 aliphatic rings. The van der Waals surface area contributed by atoms with Crippen LogP contribution in [0.4, 0.5) is 14.9 Å². The first kappa shape index (κ1) is 35.9. The van der Waals surface area contributed by atoms with Crippen molar-refractivity contribution in [3.8, 4) is 17.0 Å². The number of pyridine rings is 2. The molecule has 1 fully saturated rings. The van der Waals surface area contributed by atoms with E-state index in [4.69, 9.17) is 13.9 Å². The van der Waals surface area contributed by atoms with Crippen LogP contribution in [0.2, 0.25) is 18.1 Å². The van der Waals surface area contributed by atoms with E-state index in [2.05, 4.69) is 54.3 Å². The van der Waals surface area contributed by atoms with Gasteiger partial charge < -0.3 is 18.8 Å². The van der Waals surface area contributed by atoms with Gasteiger partial charge in [0.05, 0.1) is 41.4 Å². The van der Waals surface area contributed by atoms with Crippen molar-refractivity contribution in [2.75, 3.05) is 19.7 Å². The SMILES string of the molecule is Cc1c(-c2cn3nccc3c(O[C@H](CO[Si](C)(C)C(C)(C)C)c3ccc(F)cn3)c2[N+](=O)[O-])nnn1C1CCN(C(=O)OC(C)(C)C)CC1. The molecule has 0 radical (unpaired) electrons. The summed E-state index contributed by atoms with van der Waals surface area (Å²) in [6.45, 7) is 18.8. The smallest absolute Gasteiger partial charge is 0.410 e. The van der Waals surface area contributed by atoms with E-state index in [9.17, 15) is 19.3 Å². The first-order chi connectivity index (χ1) is 22.9. The fourth-order valence-corrected chi connectivity index (χ4v) is 6.45. The highest BCUT2D eigenvalue weighted by Crippen LogP contribution is 2.44. The topological polar surface area (TPSA) is 152 Å². The number of ether oxygens (including phenoxy) is 2. The third-order valence-corrected chi connectivity index (χ3v) is 13.7. The van der Waals surface area contributed by atoms with Crippen LogP contribution in [0, 0.1) is 22.9 Å². The Kier molecular flexibility index (Phi) is 9.85. The van der Waals surface area contributed by atoms with Crippen molar-refractivity contribution < 1.29 is 28.0 Å². The fraction of sp³-hybridized carbons (Fsp3) is 0.545. The number of rotatable bonds is 9. The van der Waals surface area contributed by atoms with Crippen LogP contribution in [-0.4, -0.2) is 79.1 Å². The second-order valence-corrected chi connectivity index (χ2v) is 19.7. The van der Waals surface area contributed by atoms with Crippen LogP contribution < -0.4 is 4.74 Å². The van der Waals surface area contributed by atoms with Crippen LogP contribution in [-0.2, 0) is 9.16 Å². The van der Waals surface area contributed by atoms with Crippen molar-refractivity contribution in [1.29, 1.82) is 0 Å². The summed E-state index contributed by atoms with van der Waals surface area (Å²) in [6.07, 6.45) is 4.10. The molecule has 0 bridgehead atoms. The van der Waals surface area contributed by atoms with Gasteiger partial charge in [-0.15, -0.1) is 5.10 Å². The minimum atomic E-state index is -2.29. The second-order valence-electron chi connectivity index (χ2n) is 14.9. The molecule has 5 rings (SSSR count). The molecule has 0 aromatic carbocycles. The summed E-state index contributed by atoms with van der Waals surface area (Å²) in [7, 11) is -2.29. The number of piperidine rings is 1. The molecule has 0 unspecified atom stereocenters. The van der Waals surface area contributed by atoms with Crippen LogP contribution in [0.3, 0.4) is 0 Å². The standard InChI is InChI=1S/C33H45FN8O6Si/c1-21-28(37-38-41(21)23-13-16-39(17-14-23)31(43)48-32(2,3)4)24-19-40-26(12-15-36-40)30(29(24)42(44)45)47-27(25-11-10-22(34)18-35-25)20-46-49(8,9)33(5,6)7/h10-12,15,18-19,23,27H,13-14,16-17,20H2,1-9H3/t27-/m1/s1. The molecule has 1 aliphatic heterocycles. The molecule has 5 heterocycles. The number of nitrogens with zero attached hydrogens (tertiary/aromatic N) is 8. The lowest BCUT2D eigenvalue weighted by molar-refractivity contribution is -0.385. The van der Waals surface area contributed by atoms with E-state index >= 15 is 0 Å². The van der Waals surface area contributed by atoms with Crippen LogP contribution in [0.15, 0.2) is 36.8 Å². The van der Waals surface area contributed by atoms with Crippen molar-refractivity contribution in [2.45, 2.75) is 97.2 Å². The number of nitro groups is 1. The van der Waals surface area contributed by atoms with Crippen LogP contribution in [0.25, 0.3) is 16.8 Å². The number of fused-ring (bicyclic) bond motifs is 1. The summed E-state index contributed by atoms with van der Waals surface area (Å²) in [4.78, 5) is 30.9. The number of likely N-dealkylation sites (tertiary alicyclic amines) is 1. The Bertz CT molecular complexity index is 1820. The summed E-state index contributed by atoms with van der Waals surface area (Å²) in [5.74, 6) is -0.567. The van der Waals surface area contributed by atoms with Gasteiger partial charge in [-0.05, 0) is 76.9 Å². The maximum atomic E-state index is 13.9. The van der Waals surface area contributed by atoms with Gasteiger partial charge >= 0.3 is 11.8 Å². The quantitative estimate of drug-likeness (QED) is 0.101. The van der Waals surface area contributed by atoms with Gasteiger partial charge in [0, 0.05) is 19.3 Å². The zero-order valence-corrected chi connectivity index (χ0v) is 30.6. The first-order valence-electron chi connectivity index (χ1n) is 16.3. The Morgan fingerprint density at radius 3 is 2.43 bits per heavy atom. The van der Waals surface area contributed by atoms with E-state index in [1.165, 1.54) is 22.8 Å². The Hall–Kier alpha value is -4.44. The number of carbonyl (C=O) groups excluding carboxylic acids is 1. The highest BCUT2D eigenvalue weighted by atomic mass is 28.4. The summed E-state index contributed by atoms with van der Waals surface area (Å²) in [5, 5.41) is 26.0. The van der Waals surface area contributed by atoms with Gasteiger partial charge in [0.2, 0.25) is 5.75 Å². The summed E-state index contributed by atoms with van der Waals surface area (Å²) in [6, 6.07) is 4.30. The minimum Gasteiger partial charge on any atom is -0.473 e. The largest absolute Gasteiger partial charge is 0.473 e. The average Bonchev–Trinajstić information content (AvgIpc) is 3.64. The van der Waals surface area contributed by atoms with E-state index in [0.717, 1.165) is 6.20 Å². The van der Waals surface area contributed by atoms with Crippen molar-refractivity contribution in [3.05, 3.63) is 64.1 Å². The number of carbonyl (C=O) groups is 1. The summed E-state index contributed by atoms with van der Waals surface area (Å²) < 4.78 is 35.7. The number of aromatic nitrogens is 6. The van der Waals surface area contributed by atoms with Gasteiger partial charge in [-0.25, -0.2) is 18.4 Å². The minimum absolute atomic E-state index is 0.0357. The number of hydrogen-bond donors (Lipinski definition) is 0. The lowest BCUT2D eigenvalue weighted by atomic mass is 10.0. The molecule has 14 nitrogen and oxygen atoms in total. The van der Waals surface area contributed by atoms with E-state index in [1.807, 2.05) is 27.7 Å². The lowest BCUT2D eigenvalue weighted by Crippen LogP contribution is -2.42. The van der Waals surface area contributed by atoms with Gasteiger partial charge in [0.15, 0.2) is 14.4 Å². The van der Waals surface area contributed by atoms with E-state index < -0.39 is 30.8 Å². The lowest BCUT2D eigenvalue weighted by Gasteiger charge is -2.37. The molecular weight excluding hydrogens is 651 g/mol. The molecule has 264 valence electrons. The molecule has 1 amide bonds. The van der Waals surface area contributed by atoms with Gasteiger partial charge in [-0.3, -0.25) is 15.1 Å². The third-order valence-electron chi connectivity index (χ3n) is 9.19. The molecule has 1 saturated heterocycles. The zero-order chi connectivity index (χ0) is 35.9. The molecule has 0 saturated carbocycles. The van der Waals surface area contributed by atoms with Crippen molar-refractivity contribution in [1.82, 2.24) is 34.5 Å². The molecule has 4 aromatic heterocycles. The van der Waals surface area contributed by atoms with Crippen LogP contribution in [0.1, 0.15) is 77.9 Å². The van der Waals surface area contributed by atoms with Crippen molar-refractivity contribution in [3.63, 3.8) is 0 Å². The molecule has 0 spiro atoms. The maximum absolute atomic E-state index is 13.9. The molecular formula is C33H45FN8O6Si. The summed E-state index contributed by atoms with van der Waals surface area (Å²) >= 11 is 0. The number of amides is 1. The predicted octanol–water partition coefficient (Wildman–Crippen LogP) is 7.06. The zero-order valence-electron chi connectivity index (χ0n) is 29.6.